The second kappa shape index (κ2) is 7.76. The Morgan fingerprint density at radius 3 is 2.91 bits per heavy atom. The van der Waals surface area contributed by atoms with Crippen LogP contribution in [-0.4, -0.2) is 39.4 Å². The van der Waals surface area contributed by atoms with Gasteiger partial charge in [-0.3, -0.25) is 9.69 Å². The van der Waals surface area contributed by atoms with Crippen LogP contribution >= 0.6 is 39.9 Å². The molecule has 0 aromatic heterocycles. The highest BCUT2D eigenvalue weighted by Crippen LogP contribution is 2.35. The maximum Gasteiger partial charge on any atom is 0.341 e. The van der Waals surface area contributed by atoms with E-state index in [-0.39, 0.29) is 5.91 Å². The van der Waals surface area contributed by atoms with Crippen molar-refractivity contribution in [1.29, 1.82) is 0 Å². The first-order chi connectivity index (χ1) is 10.9. The van der Waals surface area contributed by atoms with E-state index >= 15 is 0 Å². The fraction of sp³-hybridized carbons (Fsp3) is 0.133. The van der Waals surface area contributed by atoms with Crippen molar-refractivity contribution in [3.8, 4) is 5.75 Å². The second-order valence-corrected chi connectivity index (χ2v) is 7.04. The van der Waals surface area contributed by atoms with Gasteiger partial charge in [0.1, 0.15) is 10.1 Å². The van der Waals surface area contributed by atoms with Crippen LogP contribution in [0.5, 0.6) is 5.75 Å². The van der Waals surface area contributed by atoms with Crippen LogP contribution in [0.15, 0.2) is 40.2 Å². The number of hydrogen-bond acceptors (Lipinski definition) is 5. The molecule has 1 aliphatic heterocycles. The second-order valence-electron chi connectivity index (χ2n) is 4.45. The first kappa shape index (κ1) is 17.7. The van der Waals surface area contributed by atoms with Gasteiger partial charge >= 0.3 is 5.97 Å². The van der Waals surface area contributed by atoms with Gasteiger partial charge in [-0.1, -0.05) is 46.0 Å². The fourth-order valence-corrected chi connectivity index (χ4v) is 3.48. The molecule has 2 rings (SSSR count). The molecular weight excluding hydrogens is 402 g/mol. The Kier molecular flexibility index (Phi) is 5.97. The zero-order valence-corrected chi connectivity index (χ0v) is 15.0. The van der Waals surface area contributed by atoms with E-state index in [0.717, 1.165) is 4.47 Å². The summed E-state index contributed by atoms with van der Waals surface area (Å²) in [6.07, 6.45) is 3.25. The van der Waals surface area contributed by atoms with Crippen molar-refractivity contribution in [2.75, 3.05) is 13.2 Å². The minimum atomic E-state index is -1.07. The van der Waals surface area contributed by atoms with Crippen LogP contribution in [0.25, 0.3) is 6.08 Å². The summed E-state index contributed by atoms with van der Waals surface area (Å²) in [6.45, 7) is 3.50. The molecule has 0 spiro atoms. The molecule has 5 nitrogen and oxygen atoms in total. The maximum absolute atomic E-state index is 12.3. The van der Waals surface area contributed by atoms with E-state index in [0.29, 0.717) is 27.1 Å². The fourth-order valence-electron chi connectivity index (χ4n) is 1.83. The van der Waals surface area contributed by atoms with Gasteiger partial charge in [0.15, 0.2) is 6.61 Å². The number of thiocarbonyl (C=S) groups is 1. The molecule has 0 unspecified atom stereocenters. The lowest BCUT2D eigenvalue weighted by Gasteiger charge is -2.10. The Hall–Kier alpha value is -1.64. The Bertz CT molecular complexity index is 717. The standard InChI is InChI=1S/C15H12BrNO4S2/c1-2-5-17-14(20)12(23-15(17)22)7-9-6-10(16)3-4-11(9)21-8-13(18)19/h2-4,6-7H,1,5,8H2,(H,18,19)/b12-7-. The molecular formula is C15H12BrNO4S2. The molecule has 1 amide bonds. The van der Waals surface area contributed by atoms with Gasteiger partial charge in [-0.2, -0.15) is 0 Å². The average Bonchev–Trinajstić information content (AvgIpc) is 2.74. The highest BCUT2D eigenvalue weighted by Gasteiger charge is 2.31. The van der Waals surface area contributed by atoms with E-state index < -0.39 is 12.6 Å². The molecule has 0 radical (unpaired) electrons. The van der Waals surface area contributed by atoms with Crippen molar-refractivity contribution in [1.82, 2.24) is 4.90 Å². The number of halogens is 1. The van der Waals surface area contributed by atoms with Crippen molar-refractivity contribution >= 4 is 62.2 Å². The van der Waals surface area contributed by atoms with Gasteiger partial charge in [-0.05, 0) is 24.3 Å². The van der Waals surface area contributed by atoms with Crippen molar-refractivity contribution in [3.63, 3.8) is 0 Å². The van der Waals surface area contributed by atoms with E-state index in [1.54, 1.807) is 30.4 Å². The van der Waals surface area contributed by atoms with Gasteiger partial charge in [0.25, 0.3) is 5.91 Å². The highest BCUT2D eigenvalue weighted by atomic mass is 79.9. The van der Waals surface area contributed by atoms with Gasteiger partial charge in [0.05, 0.1) is 4.91 Å². The first-order valence-electron chi connectivity index (χ1n) is 6.42. The SMILES string of the molecule is C=CCN1C(=O)/C(=C/c2cc(Br)ccc2OCC(=O)O)SC1=S. The summed E-state index contributed by atoms with van der Waals surface area (Å²) >= 11 is 9.72. The molecule has 1 heterocycles. The number of ether oxygens (including phenoxy) is 1. The lowest BCUT2D eigenvalue weighted by Crippen LogP contribution is -2.27. The van der Waals surface area contributed by atoms with Crippen LogP contribution < -0.4 is 4.74 Å². The number of thioether (sulfide) groups is 1. The van der Waals surface area contributed by atoms with Gasteiger partial charge in [0.2, 0.25) is 0 Å². The summed E-state index contributed by atoms with van der Waals surface area (Å²) in [5, 5.41) is 8.73. The minimum absolute atomic E-state index is 0.205. The van der Waals surface area contributed by atoms with Crippen LogP contribution in [0.4, 0.5) is 0 Å². The Labute approximate surface area is 151 Å². The number of hydrogen-bond donors (Lipinski definition) is 1. The summed E-state index contributed by atoms with van der Waals surface area (Å²) in [7, 11) is 0. The third kappa shape index (κ3) is 4.43. The number of carboxylic acids is 1. The van der Waals surface area contributed by atoms with Gasteiger partial charge in [-0.15, -0.1) is 6.58 Å². The molecule has 1 saturated heterocycles. The predicted octanol–water partition coefficient (Wildman–Crippen LogP) is 3.30. The number of carbonyl (C=O) groups excluding carboxylic acids is 1. The zero-order chi connectivity index (χ0) is 17.0. The number of benzene rings is 1. The number of aliphatic carboxylic acids is 1. The summed E-state index contributed by atoms with van der Waals surface area (Å²) < 4.78 is 6.50. The number of nitrogens with zero attached hydrogens (tertiary/aromatic N) is 1. The van der Waals surface area contributed by atoms with E-state index in [9.17, 15) is 9.59 Å². The molecule has 0 aliphatic carbocycles. The van der Waals surface area contributed by atoms with E-state index in [1.165, 1.54) is 16.7 Å². The van der Waals surface area contributed by atoms with Crippen molar-refractivity contribution < 1.29 is 19.4 Å². The molecule has 23 heavy (non-hydrogen) atoms. The van der Waals surface area contributed by atoms with E-state index in [1.807, 2.05) is 0 Å². The Balaban J connectivity index is 2.33. The normalized spacial score (nSPS) is 16.0. The van der Waals surface area contributed by atoms with Crippen molar-refractivity contribution in [3.05, 3.63) is 45.8 Å². The quantitative estimate of drug-likeness (QED) is 0.438. The van der Waals surface area contributed by atoms with Crippen LogP contribution in [0.3, 0.4) is 0 Å². The number of carboxylic acid groups (broad SMARTS) is 1. The molecule has 8 heteroatoms. The van der Waals surface area contributed by atoms with Crippen LogP contribution in [0.2, 0.25) is 0 Å². The summed E-state index contributed by atoms with van der Waals surface area (Å²) in [4.78, 5) is 24.9. The van der Waals surface area contributed by atoms with Crippen LogP contribution in [0, 0.1) is 0 Å². The van der Waals surface area contributed by atoms with Gasteiger partial charge in [0, 0.05) is 16.6 Å². The van der Waals surface area contributed by atoms with Crippen LogP contribution in [0.1, 0.15) is 5.56 Å². The number of carbonyl (C=O) groups is 2. The largest absolute Gasteiger partial charge is 0.481 e. The molecule has 0 atom stereocenters. The summed E-state index contributed by atoms with van der Waals surface area (Å²) in [5.74, 6) is -0.898. The predicted molar refractivity (Wildman–Crippen MR) is 97.3 cm³/mol. The molecule has 1 aliphatic rings. The lowest BCUT2D eigenvalue weighted by atomic mass is 10.2. The minimum Gasteiger partial charge on any atom is -0.481 e. The molecule has 0 bridgehead atoms. The number of rotatable bonds is 6. The number of amides is 1. The molecule has 1 N–H and O–H groups in total. The van der Waals surface area contributed by atoms with E-state index in [4.69, 9.17) is 22.1 Å². The molecule has 0 saturated carbocycles. The van der Waals surface area contributed by atoms with Gasteiger partial charge in [-0.25, -0.2) is 4.79 Å². The smallest absolute Gasteiger partial charge is 0.341 e. The first-order valence-corrected chi connectivity index (χ1v) is 8.44. The molecule has 1 fully saturated rings. The van der Waals surface area contributed by atoms with Crippen LogP contribution in [-0.2, 0) is 9.59 Å². The van der Waals surface area contributed by atoms with Crippen molar-refractivity contribution in [2.24, 2.45) is 0 Å². The molecule has 1 aromatic rings. The Morgan fingerprint density at radius 1 is 1.52 bits per heavy atom. The molecule has 120 valence electrons. The highest BCUT2D eigenvalue weighted by molar-refractivity contribution is 9.10. The Morgan fingerprint density at radius 2 is 2.26 bits per heavy atom. The third-order valence-corrected chi connectivity index (χ3v) is 4.67. The summed E-state index contributed by atoms with van der Waals surface area (Å²) in [6, 6.07) is 5.12. The van der Waals surface area contributed by atoms with Crippen molar-refractivity contribution in [2.45, 2.75) is 0 Å². The van der Waals surface area contributed by atoms with Gasteiger partial charge < -0.3 is 9.84 Å². The lowest BCUT2D eigenvalue weighted by molar-refractivity contribution is -0.139. The van der Waals surface area contributed by atoms with E-state index in [2.05, 4.69) is 22.5 Å². The molecule has 1 aromatic carbocycles. The average molecular weight is 414 g/mol. The maximum atomic E-state index is 12.3. The monoisotopic (exact) mass is 413 g/mol. The third-order valence-electron chi connectivity index (χ3n) is 2.79. The topological polar surface area (TPSA) is 66.8 Å². The zero-order valence-electron chi connectivity index (χ0n) is 11.8. The summed E-state index contributed by atoms with van der Waals surface area (Å²) in [5.41, 5.74) is 0.597.